The molecule has 1 N–H and O–H groups in total. The summed E-state index contributed by atoms with van der Waals surface area (Å²) in [5.41, 5.74) is 0.753. The summed E-state index contributed by atoms with van der Waals surface area (Å²) in [5.74, 6) is 1.30. The first kappa shape index (κ1) is 17.1. The predicted molar refractivity (Wildman–Crippen MR) is 92.2 cm³/mol. The average Bonchev–Trinajstić information content (AvgIpc) is 2.56. The van der Waals surface area contributed by atoms with Crippen molar-refractivity contribution < 1.29 is 17.9 Å². The van der Waals surface area contributed by atoms with Gasteiger partial charge >= 0.3 is 0 Å². The maximum absolute atomic E-state index is 12.6. The summed E-state index contributed by atoms with van der Waals surface area (Å²) in [7, 11) is -3.65. The molecule has 0 radical (unpaired) electrons. The first-order valence-electron chi connectivity index (χ1n) is 7.67. The molecule has 1 atom stereocenters. The highest BCUT2D eigenvalue weighted by atomic mass is 35.5. The summed E-state index contributed by atoms with van der Waals surface area (Å²) in [6.07, 6.45) is 0.545. The maximum Gasteiger partial charge on any atom is 0.241 e. The molecule has 3 rings (SSSR count). The molecule has 24 heavy (non-hydrogen) atoms. The van der Waals surface area contributed by atoms with Crippen LogP contribution >= 0.6 is 11.6 Å². The lowest BCUT2D eigenvalue weighted by Crippen LogP contribution is -2.32. The minimum Gasteiger partial charge on any atom is -0.494 e. The second-order valence-electron chi connectivity index (χ2n) is 5.40. The molecular weight excluding hydrogens is 350 g/mol. The second-order valence-corrected chi connectivity index (χ2v) is 7.55. The number of hydrogen-bond acceptors (Lipinski definition) is 4. The van der Waals surface area contributed by atoms with Gasteiger partial charge in [0.15, 0.2) is 0 Å². The molecule has 7 heteroatoms. The van der Waals surface area contributed by atoms with E-state index in [0.717, 1.165) is 5.56 Å². The van der Waals surface area contributed by atoms with Gasteiger partial charge in [-0.15, -0.1) is 0 Å². The first-order chi connectivity index (χ1) is 11.5. The van der Waals surface area contributed by atoms with Gasteiger partial charge in [0, 0.05) is 17.0 Å². The number of hydrogen-bond donors (Lipinski definition) is 1. The molecule has 1 aliphatic rings. The number of halogens is 1. The Kier molecular flexibility index (Phi) is 4.99. The molecule has 0 spiro atoms. The van der Waals surface area contributed by atoms with E-state index in [1.807, 2.05) is 6.92 Å². The third-order valence-electron chi connectivity index (χ3n) is 3.75. The van der Waals surface area contributed by atoms with Gasteiger partial charge in [-0.05, 0) is 49.4 Å². The zero-order chi connectivity index (χ0) is 17.2. The molecule has 5 nitrogen and oxygen atoms in total. The molecule has 0 aliphatic carbocycles. The van der Waals surface area contributed by atoms with Crippen LogP contribution in [0.2, 0.25) is 5.02 Å². The van der Waals surface area contributed by atoms with Gasteiger partial charge in [0.25, 0.3) is 0 Å². The van der Waals surface area contributed by atoms with E-state index in [0.29, 0.717) is 36.2 Å². The van der Waals surface area contributed by atoms with Crippen LogP contribution in [0.3, 0.4) is 0 Å². The highest BCUT2D eigenvalue weighted by Crippen LogP contribution is 2.35. The van der Waals surface area contributed by atoms with Gasteiger partial charge in [0.05, 0.1) is 24.2 Å². The number of ether oxygens (including phenoxy) is 2. The first-order valence-corrected chi connectivity index (χ1v) is 9.53. The van der Waals surface area contributed by atoms with Crippen LogP contribution in [-0.4, -0.2) is 21.6 Å². The lowest BCUT2D eigenvalue weighted by Gasteiger charge is -2.26. The molecule has 2 aromatic carbocycles. The van der Waals surface area contributed by atoms with Gasteiger partial charge < -0.3 is 9.47 Å². The Morgan fingerprint density at radius 1 is 1.25 bits per heavy atom. The summed E-state index contributed by atoms with van der Waals surface area (Å²) in [5, 5.41) is 0.546. The third kappa shape index (κ3) is 3.66. The largest absolute Gasteiger partial charge is 0.494 e. The van der Waals surface area contributed by atoms with Crippen molar-refractivity contribution in [2.75, 3.05) is 13.2 Å². The minimum atomic E-state index is -3.65. The summed E-state index contributed by atoms with van der Waals surface area (Å²) in [4.78, 5) is 0.195. The van der Waals surface area contributed by atoms with E-state index in [9.17, 15) is 8.42 Å². The van der Waals surface area contributed by atoms with Crippen LogP contribution in [0.15, 0.2) is 47.4 Å². The smallest absolute Gasteiger partial charge is 0.241 e. The van der Waals surface area contributed by atoms with Crippen molar-refractivity contribution in [1.29, 1.82) is 0 Å². The summed E-state index contributed by atoms with van der Waals surface area (Å²) < 4.78 is 38.9. The summed E-state index contributed by atoms with van der Waals surface area (Å²) >= 11 is 6.03. The van der Waals surface area contributed by atoms with Gasteiger partial charge in [-0.25, -0.2) is 13.1 Å². The molecule has 1 heterocycles. The van der Waals surface area contributed by atoms with E-state index < -0.39 is 10.0 Å². The van der Waals surface area contributed by atoms with E-state index in [1.165, 1.54) is 12.1 Å². The molecule has 0 saturated carbocycles. The van der Waals surface area contributed by atoms with Gasteiger partial charge in [0.2, 0.25) is 10.0 Å². The van der Waals surface area contributed by atoms with E-state index in [2.05, 4.69) is 4.72 Å². The Balaban J connectivity index is 1.84. The SMILES string of the molecule is CCOc1ccc(S(=O)(=O)NC2CCOc3ccc(Cl)cc32)cc1. The fourth-order valence-corrected chi connectivity index (χ4v) is 4.06. The molecule has 0 saturated heterocycles. The van der Waals surface area contributed by atoms with E-state index in [4.69, 9.17) is 21.1 Å². The topological polar surface area (TPSA) is 64.6 Å². The fraction of sp³-hybridized carbons (Fsp3) is 0.294. The monoisotopic (exact) mass is 367 g/mol. The van der Waals surface area contributed by atoms with Gasteiger partial charge in [0.1, 0.15) is 11.5 Å². The highest BCUT2D eigenvalue weighted by molar-refractivity contribution is 7.89. The third-order valence-corrected chi connectivity index (χ3v) is 5.48. The minimum absolute atomic E-state index is 0.195. The molecule has 0 fully saturated rings. The van der Waals surface area contributed by atoms with Crippen molar-refractivity contribution in [2.45, 2.75) is 24.3 Å². The van der Waals surface area contributed by atoms with Crippen molar-refractivity contribution in [3.63, 3.8) is 0 Å². The van der Waals surface area contributed by atoms with Crippen LogP contribution in [0.1, 0.15) is 24.9 Å². The van der Waals surface area contributed by atoms with Gasteiger partial charge in [-0.1, -0.05) is 11.6 Å². The van der Waals surface area contributed by atoms with Crippen LogP contribution in [0.5, 0.6) is 11.5 Å². The van der Waals surface area contributed by atoms with E-state index in [-0.39, 0.29) is 10.9 Å². The predicted octanol–water partition coefficient (Wildman–Crippen LogP) is 3.54. The van der Waals surface area contributed by atoms with Crippen molar-refractivity contribution in [3.05, 3.63) is 53.1 Å². The molecule has 0 amide bonds. The number of sulfonamides is 1. The van der Waals surface area contributed by atoms with Crippen molar-refractivity contribution in [3.8, 4) is 11.5 Å². The molecule has 0 aromatic heterocycles. The Labute approximate surface area is 146 Å². The Morgan fingerprint density at radius 3 is 2.71 bits per heavy atom. The number of fused-ring (bicyclic) bond motifs is 1. The zero-order valence-corrected chi connectivity index (χ0v) is 14.7. The summed E-state index contributed by atoms with van der Waals surface area (Å²) in [6, 6.07) is 11.2. The van der Waals surface area contributed by atoms with Gasteiger partial charge in [-0.3, -0.25) is 0 Å². The van der Waals surface area contributed by atoms with Crippen LogP contribution in [0.4, 0.5) is 0 Å². The number of rotatable bonds is 5. The molecule has 1 unspecified atom stereocenters. The van der Waals surface area contributed by atoms with Crippen LogP contribution in [-0.2, 0) is 10.0 Å². The van der Waals surface area contributed by atoms with Crippen LogP contribution in [0.25, 0.3) is 0 Å². The Morgan fingerprint density at radius 2 is 2.00 bits per heavy atom. The second kappa shape index (κ2) is 7.01. The molecule has 2 aromatic rings. The zero-order valence-electron chi connectivity index (χ0n) is 13.2. The highest BCUT2D eigenvalue weighted by Gasteiger charge is 2.27. The van der Waals surface area contributed by atoms with Crippen LogP contribution in [0, 0.1) is 0 Å². The standard InChI is InChI=1S/C17H18ClNO4S/c1-2-22-13-4-6-14(7-5-13)24(20,21)19-16-9-10-23-17-8-3-12(18)11-15(16)17/h3-8,11,16,19H,2,9-10H2,1H3. The van der Waals surface area contributed by atoms with Gasteiger partial charge in [-0.2, -0.15) is 0 Å². The van der Waals surface area contributed by atoms with Crippen molar-refractivity contribution >= 4 is 21.6 Å². The normalized spacial score (nSPS) is 17.0. The average molecular weight is 368 g/mol. The number of benzene rings is 2. The lowest BCUT2D eigenvalue weighted by molar-refractivity contribution is 0.263. The quantitative estimate of drug-likeness (QED) is 0.877. The van der Waals surface area contributed by atoms with E-state index in [1.54, 1.807) is 30.3 Å². The molecule has 1 aliphatic heterocycles. The van der Waals surface area contributed by atoms with Crippen molar-refractivity contribution in [1.82, 2.24) is 4.72 Å². The van der Waals surface area contributed by atoms with Crippen LogP contribution < -0.4 is 14.2 Å². The molecule has 0 bridgehead atoms. The van der Waals surface area contributed by atoms with Crippen molar-refractivity contribution in [2.24, 2.45) is 0 Å². The maximum atomic E-state index is 12.6. The van der Waals surface area contributed by atoms with E-state index >= 15 is 0 Å². The summed E-state index contributed by atoms with van der Waals surface area (Å²) in [6.45, 7) is 2.86. The number of nitrogens with one attached hydrogen (secondary N) is 1. The molecular formula is C17H18ClNO4S. The Bertz CT molecular complexity index is 821. The lowest BCUT2D eigenvalue weighted by atomic mass is 10.0. The fourth-order valence-electron chi connectivity index (χ4n) is 2.62. The Hall–Kier alpha value is -1.76. The molecule has 128 valence electrons.